The Labute approximate surface area is 245 Å². The summed E-state index contributed by atoms with van der Waals surface area (Å²) in [6.07, 6.45) is -0.00501. The summed E-state index contributed by atoms with van der Waals surface area (Å²) in [6, 6.07) is 16.6. The summed E-state index contributed by atoms with van der Waals surface area (Å²) in [7, 11) is 1.30. The number of ether oxygens (including phenoxy) is 3. The Morgan fingerprint density at radius 3 is 2.57 bits per heavy atom. The molecule has 0 aliphatic carbocycles. The molecule has 5 aromatic rings. The van der Waals surface area contributed by atoms with Crippen LogP contribution in [0.2, 0.25) is 0 Å². The van der Waals surface area contributed by atoms with Crippen molar-refractivity contribution in [1.82, 2.24) is 14.3 Å². The van der Waals surface area contributed by atoms with Gasteiger partial charge in [-0.2, -0.15) is 5.10 Å². The summed E-state index contributed by atoms with van der Waals surface area (Å²) in [5, 5.41) is 10.6. The molecule has 2 aromatic carbocycles. The number of methoxy groups -OCH3 is 1. The molecule has 1 amide bonds. The Hall–Kier alpha value is -4.90. The van der Waals surface area contributed by atoms with Crippen LogP contribution < -0.4 is 20.3 Å². The van der Waals surface area contributed by atoms with Gasteiger partial charge in [-0.15, -0.1) is 11.3 Å². The number of rotatable bonds is 7. The van der Waals surface area contributed by atoms with Crippen LogP contribution in [-0.4, -0.2) is 46.5 Å². The van der Waals surface area contributed by atoms with E-state index in [1.807, 2.05) is 56.3 Å². The van der Waals surface area contributed by atoms with Gasteiger partial charge in [0.2, 0.25) is 5.91 Å². The molecule has 214 valence electrons. The molecule has 6 rings (SSSR count). The van der Waals surface area contributed by atoms with E-state index in [2.05, 4.69) is 5.32 Å². The predicted molar refractivity (Wildman–Crippen MR) is 160 cm³/mol. The number of esters is 1. The van der Waals surface area contributed by atoms with Gasteiger partial charge >= 0.3 is 5.97 Å². The van der Waals surface area contributed by atoms with Gasteiger partial charge in [0.25, 0.3) is 5.56 Å². The van der Waals surface area contributed by atoms with Crippen LogP contribution in [0.25, 0.3) is 27.8 Å². The number of fused-ring (bicyclic) bond motifs is 2. The van der Waals surface area contributed by atoms with E-state index in [1.165, 1.54) is 18.4 Å². The minimum atomic E-state index is -0.574. The minimum Gasteiger partial charge on any atom is -0.486 e. The first-order valence-corrected chi connectivity index (χ1v) is 14.3. The van der Waals surface area contributed by atoms with Gasteiger partial charge in [0.1, 0.15) is 29.4 Å². The van der Waals surface area contributed by atoms with Gasteiger partial charge in [0.15, 0.2) is 11.5 Å². The molecule has 0 unspecified atom stereocenters. The highest BCUT2D eigenvalue weighted by molar-refractivity contribution is 7.15. The Kier molecular flexibility index (Phi) is 7.26. The van der Waals surface area contributed by atoms with Crippen molar-refractivity contribution >= 4 is 39.2 Å². The molecule has 1 N–H and O–H groups in total. The van der Waals surface area contributed by atoms with Crippen LogP contribution in [0, 0.1) is 13.8 Å². The van der Waals surface area contributed by atoms with Crippen molar-refractivity contribution in [1.29, 1.82) is 0 Å². The topological polar surface area (TPSA) is 114 Å². The number of amides is 1. The van der Waals surface area contributed by atoms with Gasteiger partial charge in [0.05, 0.1) is 18.5 Å². The summed E-state index contributed by atoms with van der Waals surface area (Å²) in [5.41, 5.74) is 4.42. The van der Waals surface area contributed by atoms with Gasteiger partial charge in [-0.1, -0.05) is 24.3 Å². The van der Waals surface area contributed by atoms with Crippen molar-refractivity contribution in [2.75, 3.05) is 25.6 Å². The van der Waals surface area contributed by atoms with E-state index >= 15 is 0 Å². The fourth-order valence-corrected chi connectivity index (χ4v) is 6.19. The second-order valence-electron chi connectivity index (χ2n) is 9.85. The van der Waals surface area contributed by atoms with Gasteiger partial charge in [-0.25, -0.2) is 9.48 Å². The number of anilines is 1. The van der Waals surface area contributed by atoms with Crippen LogP contribution in [0.4, 0.5) is 5.00 Å². The minimum absolute atomic E-state index is 0.00501. The number of carbonyl (C=O) groups excluding carboxylic acids is 2. The number of nitrogens with zero attached hydrogens (tertiary/aromatic N) is 3. The molecular formula is C31H28N4O6S. The lowest BCUT2D eigenvalue weighted by Crippen LogP contribution is -2.25. The second-order valence-corrected chi connectivity index (χ2v) is 10.7. The summed E-state index contributed by atoms with van der Waals surface area (Å²) in [4.78, 5) is 39.3. The second kappa shape index (κ2) is 11.2. The van der Waals surface area contributed by atoms with Crippen LogP contribution in [0.1, 0.15) is 28.0 Å². The zero-order valence-electron chi connectivity index (χ0n) is 23.3. The maximum atomic E-state index is 13.2. The quantitative estimate of drug-likeness (QED) is 0.264. The lowest BCUT2D eigenvalue weighted by Gasteiger charge is -2.19. The average molecular weight is 585 g/mol. The summed E-state index contributed by atoms with van der Waals surface area (Å²) >= 11 is 1.23. The molecule has 0 fully saturated rings. The maximum absolute atomic E-state index is 13.2. The number of thiophene rings is 1. The van der Waals surface area contributed by atoms with E-state index in [1.54, 1.807) is 26.8 Å². The number of hydrogen-bond acceptors (Lipinski definition) is 8. The highest BCUT2D eigenvalue weighted by Gasteiger charge is 2.24. The molecule has 0 spiro atoms. The molecule has 11 heteroatoms. The standard InChI is InChI=1S/C31H28N4O6S/c1-18-15-26(37)34(30-27(18)19(2)33-35(30)21-7-5-4-6-8-21)12-11-25(36)32-29-28(31(38)39-3)22(17-42-29)20-9-10-23-24(16-20)41-14-13-40-23/h4-10,15-17H,11-14H2,1-3H3,(H,32,36). The van der Waals surface area contributed by atoms with E-state index in [4.69, 9.17) is 19.3 Å². The lowest BCUT2D eigenvalue weighted by molar-refractivity contribution is -0.116. The van der Waals surface area contributed by atoms with Crippen molar-refractivity contribution in [2.45, 2.75) is 26.8 Å². The summed E-state index contributed by atoms with van der Waals surface area (Å²) < 4.78 is 19.7. The molecule has 0 saturated carbocycles. The monoisotopic (exact) mass is 584 g/mol. The molecule has 0 bridgehead atoms. The molecule has 4 heterocycles. The van der Waals surface area contributed by atoms with Crippen LogP contribution in [0.3, 0.4) is 0 Å². The van der Waals surface area contributed by atoms with Crippen LogP contribution in [-0.2, 0) is 16.1 Å². The van der Waals surface area contributed by atoms with Gasteiger partial charge in [-0.05, 0) is 49.2 Å². The molecular weight excluding hydrogens is 556 g/mol. The predicted octanol–water partition coefficient (Wildman–Crippen LogP) is 5.12. The number of para-hydroxylation sites is 1. The Morgan fingerprint density at radius 2 is 1.81 bits per heavy atom. The maximum Gasteiger partial charge on any atom is 0.341 e. The first-order chi connectivity index (χ1) is 20.4. The number of benzene rings is 2. The van der Waals surface area contributed by atoms with Crippen LogP contribution >= 0.6 is 11.3 Å². The fraction of sp³-hybridized carbons (Fsp3) is 0.226. The highest BCUT2D eigenvalue weighted by atomic mass is 32.1. The number of hydrogen-bond donors (Lipinski definition) is 1. The summed E-state index contributed by atoms with van der Waals surface area (Å²) in [5.74, 6) is 0.304. The third-order valence-electron chi connectivity index (χ3n) is 7.14. The Bertz CT molecular complexity index is 1890. The third-order valence-corrected chi connectivity index (χ3v) is 8.04. The van der Waals surface area contributed by atoms with Crippen molar-refractivity contribution in [3.8, 4) is 28.3 Å². The number of aryl methyl sites for hydroxylation is 3. The van der Waals surface area contributed by atoms with Crippen molar-refractivity contribution in [3.05, 3.63) is 87.2 Å². The summed E-state index contributed by atoms with van der Waals surface area (Å²) in [6.45, 7) is 4.82. The molecule has 1 aliphatic rings. The van der Waals surface area contributed by atoms with Gasteiger partial charge in [-0.3, -0.25) is 14.2 Å². The lowest BCUT2D eigenvalue weighted by atomic mass is 10.0. The number of pyridine rings is 1. The molecule has 0 saturated heterocycles. The molecule has 1 aliphatic heterocycles. The zero-order valence-corrected chi connectivity index (χ0v) is 24.1. The molecule has 0 radical (unpaired) electrons. The molecule has 3 aromatic heterocycles. The van der Waals surface area contributed by atoms with Crippen molar-refractivity contribution in [3.63, 3.8) is 0 Å². The van der Waals surface area contributed by atoms with Gasteiger partial charge in [0, 0.05) is 35.4 Å². The van der Waals surface area contributed by atoms with Crippen LogP contribution in [0.15, 0.2) is 64.8 Å². The van der Waals surface area contributed by atoms with E-state index in [9.17, 15) is 14.4 Å². The highest BCUT2D eigenvalue weighted by Crippen LogP contribution is 2.40. The van der Waals surface area contributed by atoms with Crippen molar-refractivity contribution < 1.29 is 23.8 Å². The van der Waals surface area contributed by atoms with E-state index in [0.717, 1.165) is 27.9 Å². The Balaban J connectivity index is 1.29. The zero-order chi connectivity index (χ0) is 29.4. The molecule has 10 nitrogen and oxygen atoms in total. The average Bonchev–Trinajstić information content (AvgIpc) is 3.58. The number of aromatic nitrogens is 3. The SMILES string of the molecule is COC(=O)c1c(-c2ccc3c(c2)OCCO3)csc1NC(=O)CCn1c(=O)cc(C)c2c(C)nn(-c3ccccc3)c21. The third kappa shape index (κ3) is 4.92. The molecule has 0 atom stereocenters. The smallest absolute Gasteiger partial charge is 0.341 e. The first kappa shape index (κ1) is 27.3. The van der Waals surface area contributed by atoms with E-state index < -0.39 is 5.97 Å². The normalized spacial score (nSPS) is 12.4. The van der Waals surface area contributed by atoms with E-state index in [-0.39, 0.29) is 30.0 Å². The molecule has 42 heavy (non-hydrogen) atoms. The number of nitrogens with one attached hydrogen (secondary N) is 1. The van der Waals surface area contributed by atoms with Crippen molar-refractivity contribution in [2.24, 2.45) is 0 Å². The first-order valence-electron chi connectivity index (χ1n) is 13.4. The van der Waals surface area contributed by atoms with Gasteiger partial charge < -0.3 is 19.5 Å². The van der Waals surface area contributed by atoms with Crippen LogP contribution in [0.5, 0.6) is 11.5 Å². The number of carbonyl (C=O) groups is 2. The van der Waals surface area contributed by atoms with E-state index in [0.29, 0.717) is 40.9 Å². The Morgan fingerprint density at radius 1 is 1.05 bits per heavy atom. The largest absolute Gasteiger partial charge is 0.486 e. The fourth-order valence-electron chi connectivity index (χ4n) is 5.21.